The molecule has 0 radical (unpaired) electrons. The molecular formula is C8H10FIN2. The second-order valence-electron chi connectivity index (χ2n) is 2.61. The number of nitrogens with one attached hydrogen (secondary N) is 1. The summed E-state index contributed by atoms with van der Waals surface area (Å²) in [5.74, 6) is 0.714. The van der Waals surface area contributed by atoms with Gasteiger partial charge in [-0.1, -0.05) is 0 Å². The zero-order chi connectivity index (χ0) is 9.14. The van der Waals surface area contributed by atoms with Crippen LogP contribution in [0.3, 0.4) is 0 Å². The SMILES string of the molecule is Cc1nc(NI)cc(CF)c1C. The number of aryl methyl sites for hydroxylation is 1. The van der Waals surface area contributed by atoms with Gasteiger partial charge >= 0.3 is 0 Å². The summed E-state index contributed by atoms with van der Waals surface area (Å²) in [5.41, 5.74) is 2.53. The molecule has 0 spiro atoms. The van der Waals surface area contributed by atoms with Crippen molar-refractivity contribution in [3.8, 4) is 0 Å². The summed E-state index contributed by atoms with van der Waals surface area (Å²) < 4.78 is 15.3. The third kappa shape index (κ3) is 1.85. The highest BCUT2D eigenvalue weighted by Crippen LogP contribution is 2.17. The molecule has 0 saturated carbocycles. The zero-order valence-electron chi connectivity index (χ0n) is 6.99. The molecule has 4 heteroatoms. The first kappa shape index (κ1) is 9.70. The van der Waals surface area contributed by atoms with Crippen LogP contribution in [0.15, 0.2) is 6.07 Å². The topological polar surface area (TPSA) is 24.9 Å². The van der Waals surface area contributed by atoms with Crippen LogP contribution in [0.4, 0.5) is 10.2 Å². The molecule has 0 aliphatic heterocycles. The van der Waals surface area contributed by atoms with Gasteiger partial charge in [-0.25, -0.2) is 9.37 Å². The molecule has 0 aromatic carbocycles. The molecule has 0 saturated heterocycles. The molecule has 0 bridgehead atoms. The van der Waals surface area contributed by atoms with E-state index in [4.69, 9.17) is 0 Å². The smallest absolute Gasteiger partial charge is 0.135 e. The lowest BCUT2D eigenvalue weighted by atomic mass is 10.1. The van der Waals surface area contributed by atoms with Crippen molar-refractivity contribution in [1.82, 2.24) is 4.98 Å². The van der Waals surface area contributed by atoms with Gasteiger partial charge in [-0.05, 0) is 31.0 Å². The van der Waals surface area contributed by atoms with Gasteiger partial charge in [-0.15, -0.1) is 0 Å². The maximum absolute atomic E-state index is 12.4. The number of aromatic nitrogens is 1. The Hall–Kier alpha value is -0.390. The van der Waals surface area contributed by atoms with Crippen molar-refractivity contribution in [3.63, 3.8) is 0 Å². The summed E-state index contributed by atoms with van der Waals surface area (Å²) >= 11 is 1.98. The molecule has 0 aliphatic carbocycles. The number of anilines is 1. The molecule has 1 heterocycles. The lowest BCUT2D eigenvalue weighted by Crippen LogP contribution is -1.96. The molecule has 1 aromatic heterocycles. The number of pyridine rings is 1. The summed E-state index contributed by atoms with van der Waals surface area (Å²) in [5, 5.41) is 0. The Kier molecular flexibility index (Phi) is 3.25. The lowest BCUT2D eigenvalue weighted by Gasteiger charge is -2.06. The quantitative estimate of drug-likeness (QED) is 0.665. The van der Waals surface area contributed by atoms with E-state index in [1.165, 1.54) is 0 Å². The van der Waals surface area contributed by atoms with E-state index in [-0.39, 0.29) is 0 Å². The summed E-state index contributed by atoms with van der Waals surface area (Å²) in [6.07, 6.45) is 0. The van der Waals surface area contributed by atoms with E-state index in [9.17, 15) is 4.39 Å². The summed E-state index contributed by atoms with van der Waals surface area (Å²) in [6.45, 7) is 3.33. The van der Waals surface area contributed by atoms with Gasteiger partial charge in [0.05, 0.1) is 22.9 Å². The van der Waals surface area contributed by atoms with Gasteiger partial charge in [0.25, 0.3) is 0 Å². The molecule has 1 aromatic rings. The minimum Gasteiger partial charge on any atom is -0.313 e. The van der Waals surface area contributed by atoms with Crippen LogP contribution in [0, 0.1) is 13.8 Å². The lowest BCUT2D eigenvalue weighted by molar-refractivity contribution is 0.483. The van der Waals surface area contributed by atoms with Crippen molar-refractivity contribution in [2.75, 3.05) is 3.53 Å². The predicted molar refractivity (Wildman–Crippen MR) is 56.2 cm³/mol. The molecule has 0 aliphatic rings. The maximum atomic E-state index is 12.4. The Morgan fingerprint density at radius 2 is 2.25 bits per heavy atom. The Labute approximate surface area is 85.1 Å². The second kappa shape index (κ2) is 4.02. The first-order chi connectivity index (χ1) is 5.69. The molecule has 12 heavy (non-hydrogen) atoms. The number of hydrogen-bond donors (Lipinski definition) is 1. The highest BCUT2D eigenvalue weighted by molar-refractivity contribution is 14.1. The van der Waals surface area contributed by atoms with Crippen molar-refractivity contribution in [2.45, 2.75) is 20.5 Å². The van der Waals surface area contributed by atoms with Crippen molar-refractivity contribution in [2.24, 2.45) is 0 Å². The van der Waals surface area contributed by atoms with E-state index in [0.29, 0.717) is 11.4 Å². The maximum Gasteiger partial charge on any atom is 0.135 e. The van der Waals surface area contributed by atoms with E-state index < -0.39 is 6.67 Å². The number of halogens is 2. The van der Waals surface area contributed by atoms with Gasteiger partial charge in [0.2, 0.25) is 0 Å². The number of alkyl halides is 1. The third-order valence-corrected chi connectivity index (χ3v) is 2.42. The van der Waals surface area contributed by atoms with Gasteiger partial charge in [-0.3, -0.25) is 0 Å². The van der Waals surface area contributed by atoms with Crippen LogP contribution in [0.5, 0.6) is 0 Å². The Morgan fingerprint density at radius 1 is 1.58 bits per heavy atom. The van der Waals surface area contributed by atoms with Gasteiger partial charge in [0.15, 0.2) is 0 Å². The van der Waals surface area contributed by atoms with Crippen molar-refractivity contribution in [3.05, 3.63) is 22.9 Å². The highest BCUT2D eigenvalue weighted by Gasteiger charge is 2.04. The van der Waals surface area contributed by atoms with Crippen LogP contribution < -0.4 is 3.53 Å². The summed E-state index contributed by atoms with van der Waals surface area (Å²) in [6, 6.07) is 1.73. The van der Waals surface area contributed by atoms with Crippen molar-refractivity contribution >= 4 is 28.7 Å². The Morgan fingerprint density at radius 3 is 2.75 bits per heavy atom. The van der Waals surface area contributed by atoms with E-state index in [1.807, 2.05) is 36.7 Å². The van der Waals surface area contributed by atoms with Gasteiger partial charge in [0.1, 0.15) is 12.5 Å². The van der Waals surface area contributed by atoms with Crippen molar-refractivity contribution < 1.29 is 4.39 Å². The number of rotatable bonds is 2. The molecule has 1 rings (SSSR count). The van der Waals surface area contributed by atoms with Crippen LogP contribution in [-0.4, -0.2) is 4.98 Å². The average molecular weight is 280 g/mol. The Bertz CT molecular complexity index is 289. The molecular weight excluding hydrogens is 270 g/mol. The van der Waals surface area contributed by atoms with Gasteiger partial charge in [0, 0.05) is 5.69 Å². The van der Waals surface area contributed by atoms with E-state index in [1.54, 1.807) is 6.07 Å². The van der Waals surface area contributed by atoms with E-state index in [2.05, 4.69) is 8.51 Å². The van der Waals surface area contributed by atoms with E-state index >= 15 is 0 Å². The second-order valence-corrected chi connectivity index (χ2v) is 3.14. The molecule has 0 atom stereocenters. The van der Waals surface area contributed by atoms with Gasteiger partial charge < -0.3 is 3.53 Å². The zero-order valence-corrected chi connectivity index (χ0v) is 9.15. The van der Waals surface area contributed by atoms with Crippen LogP contribution in [0.1, 0.15) is 16.8 Å². The first-order valence-electron chi connectivity index (χ1n) is 3.58. The average Bonchev–Trinajstić information content (AvgIpc) is 2.09. The molecule has 0 fully saturated rings. The molecule has 0 amide bonds. The Balaban J connectivity index is 3.19. The summed E-state index contributed by atoms with van der Waals surface area (Å²) in [7, 11) is 0. The molecule has 66 valence electrons. The predicted octanol–water partition coefficient (Wildman–Crippen LogP) is 2.93. The molecule has 1 N–H and O–H groups in total. The standard InChI is InChI=1S/C8H10FIN2/c1-5-6(2)11-8(12-10)3-7(5)4-9/h3H,4H2,1-2H3,(H,11,12). The van der Waals surface area contributed by atoms with Crippen LogP contribution in [-0.2, 0) is 6.67 Å². The minimum atomic E-state index is -0.430. The largest absolute Gasteiger partial charge is 0.313 e. The van der Waals surface area contributed by atoms with E-state index in [0.717, 1.165) is 11.3 Å². The first-order valence-corrected chi connectivity index (χ1v) is 4.66. The van der Waals surface area contributed by atoms with Crippen molar-refractivity contribution in [1.29, 1.82) is 0 Å². The fourth-order valence-corrected chi connectivity index (χ4v) is 1.27. The van der Waals surface area contributed by atoms with Gasteiger partial charge in [-0.2, -0.15) is 0 Å². The van der Waals surface area contributed by atoms with Crippen LogP contribution >= 0.6 is 22.9 Å². The van der Waals surface area contributed by atoms with Crippen LogP contribution in [0.25, 0.3) is 0 Å². The molecule has 2 nitrogen and oxygen atoms in total. The third-order valence-electron chi connectivity index (χ3n) is 1.86. The summed E-state index contributed by atoms with van der Waals surface area (Å²) in [4.78, 5) is 4.21. The van der Waals surface area contributed by atoms with Crippen LogP contribution in [0.2, 0.25) is 0 Å². The number of hydrogen-bond acceptors (Lipinski definition) is 2. The minimum absolute atomic E-state index is 0.430. The fraction of sp³-hybridized carbons (Fsp3) is 0.375. The molecule has 0 unspecified atom stereocenters. The fourth-order valence-electron chi connectivity index (χ4n) is 0.990. The monoisotopic (exact) mass is 280 g/mol. The normalized spacial score (nSPS) is 10.0. The highest BCUT2D eigenvalue weighted by atomic mass is 127. The number of nitrogens with zero attached hydrogens (tertiary/aromatic N) is 1.